The zero-order valence-corrected chi connectivity index (χ0v) is 12.3. The van der Waals surface area contributed by atoms with Crippen LogP contribution in [0.1, 0.15) is 19.8 Å². The molecule has 0 saturated carbocycles. The van der Waals surface area contributed by atoms with Crippen molar-refractivity contribution in [3.63, 3.8) is 0 Å². The van der Waals surface area contributed by atoms with E-state index in [4.69, 9.17) is 11.6 Å². The van der Waals surface area contributed by atoms with E-state index in [0.717, 1.165) is 33.0 Å². The summed E-state index contributed by atoms with van der Waals surface area (Å²) in [6, 6.07) is 6.54. The molecule has 0 spiro atoms. The summed E-state index contributed by atoms with van der Waals surface area (Å²) < 4.78 is 1.15. The lowest BCUT2D eigenvalue weighted by atomic mass is 10.2. The van der Waals surface area contributed by atoms with Gasteiger partial charge in [-0.1, -0.05) is 11.6 Å². The van der Waals surface area contributed by atoms with Gasteiger partial charge in [0, 0.05) is 23.1 Å². The zero-order chi connectivity index (χ0) is 11.7. The number of hydrogen-bond acceptors (Lipinski definition) is 2. The molecule has 2 nitrogen and oxygen atoms in total. The first-order chi connectivity index (χ1) is 7.58. The van der Waals surface area contributed by atoms with Crippen LogP contribution in [0.4, 0.5) is 5.69 Å². The Balaban J connectivity index is 2.27. The van der Waals surface area contributed by atoms with Crippen LogP contribution >= 0.6 is 34.2 Å². The van der Waals surface area contributed by atoms with Crippen LogP contribution in [0.15, 0.2) is 23.2 Å². The SMILES string of the molecule is CC1CCC(N(C)c2ccc(I)cc2Cl)=N1. The number of halogens is 2. The Hall–Kier alpha value is -0.290. The third kappa shape index (κ3) is 2.51. The summed E-state index contributed by atoms with van der Waals surface area (Å²) in [5.41, 5.74) is 1.04. The summed E-state index contributed by atoms with van der Waals surface area (Å²) >= 11 is 8.50. The molecule has 0 fully saturated rings. The van der Waals surface area contributed by atoms with Gasteiger partial charge in [-0.05, 0) is 54.1 Å². The van der Waals surface area contributed by atoms with E-state index < -0.39 is 0 Å². The van der Waals surface area contributed by atoms with Gasteiger partial charge in [-0.2, -0.15) is 0 Å². The van der Waals surface area contributed by atoms with Crippen molar-refractivity contribution < 1.29 is 0 Å². The fraction of sp³-hybridized carbons (Fsp3) is 0.417. The van der Waals surface area contributed by atoms with Crippen LogP contribution in [0.5, 0.6) is 0 Å². The van der Waals surface area contributed by atoms with E-state index in [9.17, 15) is 0 Å². The maximum Gasteiger partial charge on any atom is 0.103 e. The van der Waals surface area contributed by atoms with E-state index in [1.165, 1.54) is 0 Å². The van der Waals surface area contributed by atoms with Gasteiger partial charge in [-0.15, -0.1) is 0 Å². The molecular formula is C12H14ClIN2. The number of benzene rings is 1. The topological polar surface area (TPSA) is 15.6 Å². The van der Waals surface area contributed by atoms with Crippen LogP contribution in [0.3, 0.4) is 0 Å². The zero-order valence-electron chi connectivity index (χ0n) is 9.37. The molecule has 0 aromatic heterocycles. The van der Waals surface area contributed by atoms with Crippen LogP contribution in [-0.2, 0) is 0 Å². The van der Waals surface area contributed by atoms with Crippen LogP contribution < -0.4 is 4.90 Å². The molecule has 1 aromatic rings. The molecule has 1 unspecified atom stereocenters. The first-order valence-electron chi connectivity index (χ1n) is 5.33. The highest BCUT2D eigenvalue weighted by atomic mass is 127. The Labute approximate surface area is 115 Å². The van der Waals surface area contributed by atoms with E-state index in [0.29, 0.717) is 6.04 Å². The Bertz CT molecular complexity index is 431. The molecule has 0 N–H and O–H groups in total. The van der Waals surface area contributed by atoms with Crippen LogP contribution in [0.2, 0.25) is 5.02 Å². The number of amidine groups is 1. The first-order valence-corrected chi connectivity index (χ1v) is 6.79. The number of anilines is 1. The Kier molecular flexibility index (Phi) is 3.74. The van der Waals surface area contributed by atoms with E-state index in [2.05, 4.69) is 51.5 Å². The highest BCUT2D eigenvalue weighted by Crippen LogP contribution is 2.29. The summed E-state index contributed by atoms with van der Waals surface area (Å²) in [6.45, 7) is 2.15. The second-order valence-electron chi connectivity index (χ2n) is 4.09. The molecule has 16 heavy (non-hydrogen) atoms. The molecular weight excluding hydrogens is 335 g/mol. The van der Waals surface area contributed by atoms with Gasteiger partial charge in [0.05, 0.1) is 10.7 Å². The minimum Gasteiger partial charge on any atom is -0.332 e. The van der Waals surface area contributed by atoms with Gasteiger partial charge < -0.3 is 4.90 Å². The molecule has 2 rings (SSSR count). The average molecular weight is 349 g/mol. The molecule has 0 aliphatic carbocycles. The molecule has 4 heteroatoms. The lowest BCUT2D eigenvalue weighted by Crippen LogP contribution is -2.24. The fourth-order valence-electron chi connectivity index (χ4n) is 1.87. The van der Waals surface area contributed by atoms with Gasteiger partial charge in [0.2, 0.25) is 0 Å². The summed E-state index contributed by atoms with van der Waals surface area (Å²) in [5, 5.41) is 0.789. The Morgan fingerprint density at radius 2 is 2.25 bits per heavy atom. The van der Waals surface area contributed by atoms with Crippen molar-refractivity contribution >= 4 is 45.7 Å². The lowest BCUT2D eigenvalue weighted by molar-refractivity contribution is 0.739. The second kappa shape index (κ2) is 4.92. The van der Waals surface area contributed by atoms with E-state index in [1.54, 1.807) is 0 Å². The molecule has 86 valence electrons. The van der Waals surface area contributed by atoms with Crippen molar-refractivity contribution in [2.75, 3.05) is 11.9 Å². The monoisotopic (exact) mass is 348 g/mol. The maximum atomic E-state index is 6.24. The van der Waals surface area contributed by atoms with Gasteiger partial charge >= 0.3 is 0 Å². The Morgan fingerprint density at radius 3 is 2.81 bits per heavy atom. The predicted molar refractivity (Wildman–Crippen MR) is 78.7 cm³/mol. The van der Waals surface area contributed by atoms with Crippen molar-refractivity contribution in [2.45, 2.75) is 25.8 Å². The summed E-state index contributed by atoms with van der Waals surface area (Å²) in [6.07, 6.45) is 2.18. The molecule has 0 radical (unpaired) electrons. The van der Waals surface area contributed by atoms with Crippen molar-refractivity contribution in [3.05, 3.63) is 26.8 Å². The molecule has 0 bridgehead atoms. The van der Waals surface area contributed by atoms with Crippen LogP contribution in [0.25, 0.3) is 0 Å². The smallest absolute Gasteiger partial charge is 0.103 e. The van der Waals surface area contributed by atoms with Gasteiger partial charge in [0.25, 0.3) is 0 Å². The molecule has 0 amide bonds. The fourth-order valence-corrected chi connectivity index (χ4v) is 2.85. The number of rotatable bonds is 1. The average Bonchev–Trinajstić information content (AvgIpc) is 2.64. The van der Waals surface area contributed by atoms with Gasteiger partial charge in [-0.3, -0.25) is 4.99 Å². The molecule has 1 aliphatic rings. The molecule has 1 aliphatic heterocycles. The molecule has 1 heterocycles. The van der Waals surface area contributed by atoms with Crippen molar-refractivity contribution in [3.8, 4) is 0 Å². The molecule has 1 atom stereocenters. The normalized spacial score (nSPS) is 19.8. The number of hydrogen-bond donors (Lipinski definition) is 0. The van der Waals surface area contributed by atoms with E-state index >= 15 is 0 Å². The molecule has 1 aromatic carbocycles. The number of nitrogens with zero attached hydrogens (tertiary/aromatic N) is 2. The largest absolute Gasteiger partial charge is 0.332 e. The summed E-state index contributed by atoms with van der Waals surface area (Å²) in [7, 11) is 2.03. The Morgan fingerprint density at radius 1 is 1.50 bits per heavy atom. The van der Waals surface area contributed by atoms with Crippen molar-refractivity contribution in [1.29, 1.82) is 0 Å². The van der Waals surface area contributed by atoms with E-state index in [-0.39, 0.29) is 0 Å². The first kappa shape index (κ1) is 12.2. The predicted octanol–water partition coefficient (Wildman–Crippen LogP) is 3.96. The van der Waals surface area contributed by atoms with Crippen molar-refractivity contribution in [2.24, 2.45) is 4.99 Å². The van der Waals surface area contributed by atoms with Crippen LogP contribution in [-0.4, -0.2) is 18.9 Å². The van der Waals surface area contributed by atoms with Crippen LogP contribution in [0, 0.1) is 3.57 Å². The van der Waals surface area contributed by atoms with Gasteiger partial charge in [-0.25, -0.2) is 0 Å². The van der Waals surface area contributed by atoms with Gasteiger partial charge in [0.1, 0.15) is 5.84 Å². The van der Waals surface area contributed by atoms with Gasteiger partial charge in [0.15, 0.2) is 0 Å². The van der Waals surface area contributed by atoms with Crippen molar-refractivity contribution in [1.82, 2.24) is 0 Å². The highest BCUT2D eigenvalue weighted by Gasteiger charge is 2.18. The second-order valence-corrected chi connectivity index (χ2v) is 5.74. The minimum atomic E-state index is 0.445. The minimum absolute atomic E-state index is 0.445. The third-order valence-corrected chi connectivity index (χ3v) is 3.79. The third-order valence-electron chi connectivity index (χ3n) is 2.81. The standard InChI is InChI=1S/C12H14ClIN2/c1-8-3-6-12(15-8)16(2)11-5-4-9(14)7-10(11)13/h4-5,7-8H,3,6H2,1-2H3. The summed E-state index contributed by atoms with van der Waals surface area (Å²) in [5.74, 6) is 1.13. The highest BCUT2D eigenvalue weighted by molar-refractivity contribution is 14.1. The number of aliphatic imine (C=N–C) groups is 1. The summed E-state index contributed by atoms with van der Waals surface area (Å²) in [4.78, 5) is 6.71. The molecule has 0 saturated heterocycles. The quantitative estimate of drug-likeness (QED) is 0.701. The van der Waals surface area contributed by atoms with E-state index in [1.807, 2.05) is 13.1 Å². The maximum absolute atomic E-state index is 6.24. The lowest BCUT2D eigenvalue weighted by Gasteiger charge is -2.20.